The smallest absolute Gasteiger partial charge is 0.188 e. The molecule has 2 fully saturated rings. The predicted molar refractivity (Wildman–Crippen MR) is 99.7 cm³/mol. The van der Waals surface area contributed by atoms with E-state index < -0.39 is 0 Å². The van der Waals surface area contributed by atoms with Crippen molar-refractivity contribution in [3.63, 3.8) is 0 Å². The third-order valence-electron chi connectivity index (χ3n) is 5.46. The molecule has 1 aliphatic heterocycles. The summed E-state index contributed by atoms with van der Waals surface area (Å²) < 4.78 is 0. The lowest BCUT2D eigenvalue weighted by Crippen LogP contribution is -2.40. The van der Waals surface area contributed by atoms with Gasteiger partial charge in [-0.2, -0.15) is 0 Å². The van der Waals surface area contributed by atoms with E-state index in [0.717, 1.165) is 18.4 Å². The summed E-state index contributed by atoms with van der Waals surface area (Å²) in [6.07, 6.45) is 11.8. The molecule has 2 rings (SSSR count). The van der Waals surface area contributed by atoms with Crippen LogP contribution in [0.2, 0.25) is 0 Å². The Balaban J connectivity index is 1.63. The van der Waals surface area contributed by atoms with Crippen LogP contribution >= 0.6 is 0 Å². The lowest BCUT2D eigenvalue weighted by atomic mass is 9.96. The fourth-order valence-electron chi connectivity index (χ4n) is 3.74. The Morgan fingerprint density at radius 2 is 1.74 bits per heavy atom. The van der Waals surface area contributed by atoms with Crippen molar-refractivity contribution in [2.24, 2.45) is 22.6 Å². The molecule has 1 aliphatic carbocycles. The lowest BCUT2D eigenvalue weighted by Gasteiger charge is -2.31. The fourth-order valence-corrected chi connectivity index (χ4v) is 3.74. The summed E-state index contributed by atoms with van der Waals surface area (Å²) >= 11 is 0. The van der Waals surface area contributed by atoms with E-state index in [4.69, 9.17) is 5.73 Å². The zero-order chi connectivity index (χ0) is 16.5. The van der Waals surface area contributed by atoms with Gasteiger partial charge in [0.05, 0.1) is 0 Å². The maximum atomic E-state index is 6.11. The van der Waals surface area contributed by atoms with Crippen molar-refractivity contribution < 1.29 is 0 Å². The number of likely N-dealkylation sites (tertiary alicyclic amines) is 1. The van der Waals surface area contributed by atoms with E-state index in [1.54, 1.807) is 0 Å². The Labute approximate surface area is 143 Å². The molecule has 3 N–H and O–H groups in total. The van der Waals surface area contributed by atoms with E-state index in [1.807, 2.05) is 0 Å². The highest BCUT2D eigenvalue weighted by Gasteiger charge is 2.19. The van der Waals surface area contributed by atoms with E-state index in [2.05, 4.69) is 29.1 Å². The second kappa shape index (κ2) is 10.2. The van der Waals surface area contributed by atoms with E-state index in [0.29, 0.717) is 12.0 Å². The van der Waals surface area contributed by atoms with Gasteiger partial charge in [-0.25, -0.2) is 0 Å². The summed E-state index contributed by atoms with van der Waals surface area (Å²) in [5.74, 6) is 2.21. The quantitative estimate of drug-likeness (QED) is 0.448. The summed E-state index contributed by atoms with van der Waals surface area (Å²) in [6.45, 7) is 9.27. The first-order chi connectivity index (χ1) is 11.1. The lowest BCUT2D eigenvalue weighted by molar-refractivity contribution is 0.180. The van der Waals surface area contributed by atoms with Crippen LogP contribution in [-0.2, 0) is 0 Å². The van der Waals surface area contributed by atoms with Gasteiger partial charge in [-0.05, 0) is 63.6 Å². The minimum Gasteiger partial charge on any atom is -0.370 e. The first-order valence-electron chi connectivity index (χ1n) is 9.92. The van der Waals surface area contributed by atoms with E-state index >= 15 is 0 Å². The standard InChI is InChI=1S/C19H38N4/c1-16(2)9-12-23-13-10-17(11-14-23)15-21-19(20)22-18-7-5-3-4-6-8-18/h16-18H,3-15H2,1-2H3,(H3,20,21,22). The average molecular weight is 323 g/mol. The Bertz CT molecular complexity index is 337. The maximum absolute atomic E-state index is 6.11. The van der Waals surface area contributed by atoms with Crippen LogP contribution in [0.5, 0.6) is 0 Å². The number of nitrogens with zero attached hydrogens (tertiary/aromatic N) is 2. The summed E-state index contributed by atoms with van der Waals surface area (Å²) in [5, 5.41) is 3.46. The number of guanidine groups is 1. The van der Waals surface area contributed by atoms with Gasteiger partial charge in [-0.1, -0.05) is 39.5 Å². The monoisotopic (exact) mass is 322 g/mol. The molecule has 0 bridgehead atoms. The largest absolute Gasteiger partial charge is 0.370 e. The number of rotatable bonds is 6. The molecule has 0 spiro atoms. The van der Waals surface area contributed by atoms with E-state index in [-0.39, 0.29) is 0 Å². The molecule has 1 heterocycles. The fraction of sp³-hybridized carbons (Fsp3) is 0.947. The van der Waals surface area contributed by atoms with E-state index in [9.17, 15) is 0 Å². The van der Waals surface area contributed by atoms with Gasteiger partial charge in [-0.15, -0.1) is 0 Å². The SMILES string of the molecule is CC(C)CCN1CCC(CN=C(N)NC2CCCCCC2)CC1. The highest BCUT2D eigenvalue weighted by atomic mass is 15.1. The minimum atomic E-state index is 0.555. The van der Waals surface area contributed by atoms with Crippen molar-refractivity contribution in [2.45, 2.75) is 77.7 Å². The first kappa shape index (κ1) is 18.6. The number of nitrogens with two attached hydrogens (primary N) is 1. The van der Waals surface area contributed by atoms with Crippen molar-refractivity contribution in [2.75, 3.05) is 26.2 Å². The van der Waals surface area contributed by atoms with Gasteiger partial charge in [0.25, 0.3) is 0 Å². The van der Waals surface area contributed by atoms with Crippen molar-refractivity contribution in [3.8, 4) is 0 Å². The van der Waals surface area contributed by atoms with Crippen molar-refractivity contribution >= 4 is 5.96 Å². The molecule has 4 heteroatoms. The van der Waals surface area contributed by atoms with Crippen LogP contribution in [0.15, 0.2) is 4.99 Å². The Morgan fingerprint density at radius 3 is 2.35 bits per heavy atom. The molecular weight excluding hydrogens is 284 g/mol. The zero-order valence-electron chi connectivity index (χ0n) is 15.4. The Hall–Kier alpha value is -0.770. The normalized spacial score (nSPS) is 23.2. The molecule has 0 unspecified atom stereocenters. The highest BCUT2D eigenvalue weighted by molar-refractivity contribution is 5.78. The van der Waals surface area contributed by atoms with Gasteiger partial charge in [0, 0.05) is 12.6 Å². The highest BCUT2D eigenvalue weighted by Crippen LogP contribution is 2.19. The summed E-state index contributed by atoms with van der Waals surface area (Å²) in [4.78, 5) is 7.25. The van der Waals surface area contributed by atoms with Gasteiger partial charge >= 0.3 is 0 Å². The maximum Gasteiger partial charge on any atom is 0.188 e. The van der Waals surface area contributed by atoms with Crippen LogP contribution in [0, 0.1) is 11.8 Å². The molecule has 0 atom stereocenters. The molecule has 134 valence electrons. The molecule has 0 aromatic rings. The summed E-state index contributed by atoms with van der Waals surface area (Å²) in [7, 11) is 0. The molecule has 23 heavy (non-hydrogen) atoms. The number of hydrogen-bond acceptors (Lipinski definition) is 2. The van der Waals surface area contributed by atoms with Crippen molar-refractivity contribution in [3.05, 3.63) is 0 Å². The topological polar surface area (TPSA) is 53.6 Å². The number of piperidine rings is 1. The average Bonchev–Trinajstić information content (AvgIpc) is 2.80. The Morgan fingerprint density at radius 1 is 1.09 bits per heavy atom. The van der Waals surface area contributed by atoms with Gasteiger partial charge in [0.2, 0.25) is 0 Å². The Kier molecular flexibility index (Phi) is 8.21. The molecule has 0 aromatic carbocycles. The third-order valence-corrected chi connectivity index (χ3v) is 5.46. The summed E-state index contributed by atoms with van der Waals surface area (Å²) in [6, 6.07) is 0.555. The molecule has 4 nitrogen and oxygen atoms in total. The van der Waals surface area contributed by atoms with Crippen LogP contribution in [0.1, 0.15) is 71.6 Å². The molecular formula is C19H38N4. The zero-order valence-corrected chi connectivity index (χ0v) is 15.4. The van der Waals surface area contributed by atoms with Crippen LogP contribution in [0.3, 0.4) is 0 Å². The van der Waals surface area contributed by atoms with Crippen LogP contribution in [-0.4, -0.2) is 43.1 Å². The van der Waals surface area contributed by atoms with Gasteiger partial charge in [0.15, 0.2) is 5.96 Å². The molecule has 0 radical (unpaired) electrons. The minimum absolute atomic E-state index is 0.555. The first-order valence-corrected chi connectivity index (χ1v) is 9.92. The summed E-state index contributed by atoms with van der Waals surface area (Å²) in [5.41, 5.74) is 6.11. The van der Waals surface area contributed by atoms with Gasteiger partial charge in [-0.3, -0.25) is 4.99 Å². The van der Waals surface area contributed by atoms with Crippen molar-refractivity contribution in [1.82, 2.24) is 10.2 Å². The predicted octanol–water partition coefficient (Wildman–Crippen LogP) is 3.37. The molecule has 0 aromatic heterocycles. The molecule has 0 amide bonds. The van der Waals surface area contributed by atoms with Crippen LogP contribution in [0.25, 0.3) is 0 Å². The van der Waals surface area contributed by atoms with Gasteiger partial charge < -0.3 is 16.0 Å². The number of aliphatic imine (C=N–C) groups is 1. The number of nitrogens with one attached hydrogen (secondary N) is 1. The molecule has 1 saturated heterocycles. The molecule has 1 saturated carbocycles. The third kappa shape index (κ3) is 7.56. The van der Waals surface area contributed by atoms with Crippen LogP contribution < -0.4 is 11.1 Å². The van der Waals surface area contributed by atoms with E-state index in [1.165, 1.54) is 77.4 Å². The second-order valence-electron chi connectivity index (χ2n) is 8.03. The van der Waals surface area contributed by atoms with Gasteiger partial charge in [0.1, 0.15) is 0 Å². The van der Waals surface area contributed by atoms with Crippen molar-refractivity contribution in [1.29, 1.82) is 0 Å². The second-order valence-corrected chi connectivity index (χ2v) is 8.03. The number of hydrogen-bond donors (Lipinski definition) is 2. The van der Waals surface area contributed by atoms with Crippen LogP contribution in [0.4, 0.5) is 0 Å². The molecule has 2 aliphatic rings.